The van der Waals surface area contributed by atoms with Crippen LogP contribution in [0.2, 0.25) is 0 Å². The fourth-order valence-corrected chi connectivity index (χ4v) is 2.64. The van der Waals surface area contributed by atoms with Crippen LogP contribution in [-0.4, -0.2) is 47.4 Å². The summed E-state index contributed by atoms with van der Waals surface area (Å²) >= 11 is 6.00. The third-order valence-electron chi connectivity index (χ3n) is 3.50. The van der Waals surface area contributed by atoms with Crippen molar-refractivity contribution in [2.24, 2.45) is 0 Å². The van der Waals surface area contributed by atoms with E-state index in [1.807, 2.05) is 0 Å². The Morgan fingerprint density at radius 1 is 1.29 bits per heavy atom. The predicted molar refractivity (Wildman–Crippen MR) is 84.1 cm³/mol. The minimum absolute atomic E-state index is 0.0373. The van der Waals surface area contributed by atoms with Crippen molar-refractivity contribution in [1.82, 2.24) is 4.90 Å². The van der Waals surface area contributed by atoms with Gasteiger partial charge in [-0.2, -0.15) is 0 Å². The number of carboxylic acid groups (broad SMARTS) is 1. The van der Waals surface area contributed by atoms with Crippen molar-refractivity contribution in [3.8, 4) is 5.75 Å². The molecule has 1 heterocycles. The van der Waals surface area contributed by atoms with Gasteiger partial charge in [-0.1, -0.05) is 12.1 Å². The van der Waals surface area contributed by atoms with E-state index in [-0.39, 0.29) is 12.3 Å². The molecule has 0 radical (unpaired) electrons. The molecule has 1 aliphatic heterocycles. The Hall–Kier alpha value is -2.76. The second-order valence-electron chi connectivity index (χ2n) is 4.83. The standard InChI is InChI=1S/C16H14ClNO6/c1-23-10-5-3-9(4-6-10)7-18-11(8-19)12(16(21)22)14(24-2)13(17)15(18)20/h3-6,13H,7H2,1-2H3,(H,21,22). The van der Waals surface area contributed by atoms with Crippen LogP contribution in [0, 0.1) is 0 Å². The Balaban J connectivity index is 2.45. The van der Waals surface area contributed by atoms with Gasteiger partial charge in [0.25, 0.3) is 5.91 Å². The normalized spacial score (nSPS) is 17.6. The molecule has 126 valence electrons. The Labute approximate surface area is 142 Å². The molecule has 1 atom stereocenters. The minimum atomic E-state index is -1.43. The zero-order valence-corrected chi connectivity index (χ0v) is 13.7. The third-order valence-corrected chi connectivity index (χ3v) is 3.88. The molecule has 1 aromatic rings. The molecule has 24 heavy (non-hydrogen) atoms. The molecule has 2 rings (SSSR count). The first-order valence-electron chi connectivity index (χ1n) is 6.79. The first kappa shape index (κ1) is 17.6. The summed E-state index contributed by atoms with van der Waals surface area (Å²) in [5.74, 6) is -0.230. The highest BCUT2D eigenvalue weighted by molar-refractivity contribution is 6.34. The molecule has 0 aromatic heterocycles. The van der Waals surface area contributed by atoms with Gasteiger partial charge in [0, 0.05) is 0 Å². The predicted octanol–water partition coefficient (Wildman–Crippen LogP) is 1.35. The Kier molecular flexibility index (Phi) is 5.28. The van der Waals surface area contributed by atoms with Crippen LogP contribution in [0.3, 0.4) is 0 Å². The average Bonchev–Trinajstić information content (AvgIpc) is 2.59. The van der Waals surface area contributed by atoms with Crippen LogP contribution in [0.1, 0.15) is 5.56 Å². The van der Waals surface area contributed by atoms with Gasteiger partial charge in [-0.05, 0) is 17.7 Å². The highest BCUT2D eigenvalue weighted by atomic mass is 35.5. The van der Waals surface area contributed by atoms with Crippen LogP contribution in [0.4, 0.5) is 0 Å². The van der Waals surface area contributed by atoms with E-state index >= 15 is 0 Å². The molecular formula is C16H14ClNO6. The molecule has 1 unspecified atom stereocenters. The lowest BCUT2D eigenvalue weighted by molar-refractivity contribution is -0.134. The van der Waals surface area contributed by atoms with Crippen molar-refractivity contribution in [3.63, 3.8) is 0 Å². The maximum Gasteiger partial charge on any atom is 0.342 e. The lowest BCUT2D eigenvalue weighted by Gasteiger charge is -2.31. The summed E-state index contributed by atoms with van der Waals surface area (Å²) in [6, 6.07) is 6.74. The number of aliphatic carboxylic acids is 1. The number of amides is 1. The fourth-order valence-electron chi connectivity index (χ4n) is 2.33. The van der Waals surface area contributed by atoms with Crippen molar-refractivity contribution in [1.29, 1.82) is 0 Å². The Morgan fingerprint density at radius 3 is 2.38 bits per heavy atom. The molecular weight excluding hydrogens is 338 g/mol. The summed E-state index contributed by atoms with van der Waals surface area (Å²) in [6.07, 6.45) is 0. The molecule has 0 saturated carbocycles. The number of halogens is 1. The average molecular weight is 352 g/mol. The molecule has 1 amide bonds. The molecule has 0 bridgehead atoms. The maximum absolute atomic E-state index is 12.4. The number of benzene rings is 1. The molecule has 8 heteroatoms. The van der Waals surface area contributed by atoms with Crippen molar-refractivity contribution >= 4 is 29.4 Å². The van der Waals surface area contributed by atoms with E-state index in [1.54, 1.807) is 24.3 Å². The van der Waals surface area contributed by atoms with Crippen molar-refractivity contribution in [2.45, 2.75) is 11.9 Å². The minimum Gasteiger partial charge on any atom is -0.498 e. The summed E-state index contributed by atoms with van der Waals surface area (Å²) in [5, 5.41) is 8.01. The summed E-state index contributed by atoms with van der Waals surface area (Å²) in [5.41, 5.74) is -0.232. The van der Waals surface area contributed by atoms with Crippen LogP contribution in [0.5, 0.6) is 5.75 Å². The second-order valence-corrected chi connectivity index (χ2v) is 5.27. The van der Waals surface area contributed by atoms with E-state index in [1.165, 1.54) is 20.2 Å². The van der Waals surface area contributed by atoms with E-state index in [0.29, 0.717) is 11.3 Å². The molecule has 0 aliphatic carbocycles. The molecule has 0 saturated heterocycles. The van der Waals surface area contributed by atoms with Gasteiger partial charge in [0.15, 0.2) is 11.3 Å². The number of nitrogens with zero attached hydrogens (tertiary/aromatic N) is 1. The van der Waals surface area contributed by atoms with Crippen LogP contribution in [0.25, 0.3) is 0 Å². The quantitative estimate of drug-likeness (QED) is 0.635. The lowest BCUT2D eigenvalue weighted by atomic mass is 10.0. The first-order valence-corrected chi connectivity index (χ1v) is 7.23. The number of carboxylic acids is 1. The third kappa shape index (κ3) is 3.13. The van der Waals surface area contributed by atoms with Crippen LogP contribution < -0.4 is 4.74 Å². The fraction of sp³-hybridized carbons (Fsp3) is 0.250. The van der Waals surface area contributed by atoms with E-state index in [4.69, 9.17) is 21.1 Å². The smallest absolute Gasteiger partial charge is 0.342 e. The Bertz CT molecular complexity index is 748. The molecule has 7 nitrogen and oxygen atoms in total. The summed E-state index contributed by atoms with van der Waals surface area (Å²) < 4.78 is 9.96. The number of rotatable bonds is 5. The zero-order valence-electron chi connectivity index (χ0n) is 12.9. The molecule has 1 aromatic carbocycles. The van der Waals surface area contributed by atoms with Crippen LogP contribution >= 0.6 is 11.6 Å². The van der Waals surface area contributed by atoms with Gasteiger partial charge in [-0.25, -0.2) is 9.59 Å². The van der Waals surface area contributed by atoms with E-state index < -0.39 is 28.5 Å². The van der Waals surface area contributed by atoms with Gasteiger partial charge in [0.2, 0.25) is 0 Å². The summed E-state index contributed by atoms with van der Waals surface area (Å²) in [7, 11) is 2.70. The van der Waals surface area contributed by atoms with E-state index in [0.717, 1.165) is 4.90 Å². The molecule has 0 spiro atoms. The van der Waals surface area contributed by atoms with Gasteiger partial charge in [0.1, 0.15) is 22.8 Å². The maximum atomic E-state index is 12.4. The summed E-state index contributed by atoms with van der Waals surface area (Å²) in [6.45, 7) is -0.0373. The van der Waals surface area contributed by atoms with Gasteiger partial charge >= 0.3 is 5.97 Å². The van der Waals surface area contributed by atoms with Gasteiger partial charge < -0.3 is 14.6 Å². The highest BCUT2D eigenvalue weighted by Gasteiger charge is 2.42. The lowest BCUT2D eigenvalue weighted by Crippen LogP contribution is -2.43. The van der Waals surface area contributed by atoms with Crippen molar-refractivity contribution in [3.05, 3.63) is 46.9 Å². The van der Waals surface area contributed by atoms with Gasteiger partial charge in [-0.15, -0.1) is 11.6 Å². The second kappa shape index (κ2) is 7.21. The van der Waals surface area contributed by atoms with E-state index in [2.05, 4.69) is 0 Å². The zero-order chi connectivity index (χ0) is 17.9. The SMILES string of the molecule is COC1=C(C(=O)O)C(=C=O)N(Cc2ccc(OC)cc2)C(=O)C1Cl. The Morgan fingerprint density at radius 2 is 1.92 bits per heavy atom. The topological polar surface area (TPSA) is 93.1 Å². The van der Waals surface area contributed by atoms with Gasteiger partial charge in [-0.3, -0.25) is 9.69 Å². The molecule has 0 fully saturated rings. The number of carbonyl (C=O) groups is 2. The number of methoxy groups -OCH3 is 2. The van der Waals surface area contributed by atoms with E-state index in [9.17, 15) is 19.5 Å². The van der Waals surface area contributed by atoms with Crippen LogP contribution in [-0.2, 0) is 25.7 Å². The highest BCUT2D eigenvalue weighted by Crippen LogP contribution is 2.32. The summed E-state index contributed by atoms with van der Waals surface area (Å²) in [4.78, 5) is 36.2. The monoisotopic (exact) mass is 351 g/mol. The molecule has 1 aliphatic rings. The van der Waals surface area contributed by atoms with Crippen LogP contribution in [0.15, 0.2) is 41.3 Å². The number of ether oxygens (including phenoxy) is 2. The van der Waals surface area contributed by atoms with Gasteiger partial charge in [0.05, 0.1) is 20.8 Å². The molecule has 1 N–H and O–H groups in total. The number of hydrogen-bond donors (Lipinski definition) is 1. The number of hydrogen-bond acceptors (Lipinski definition) is 5. The largest absolute Gasteiger partial charge is 0.498 e. The first-order chi connectivity index (χ1) is 11.4. The van der Waals surface area contributed by atoms with Crippen molar-refractivity contribution < 1.29 is 29.0 Å². The number of carbonyl (C=O) groups excluding carboxylic acids is 2. The van der Waals surface area contributed by atoms with Crippen molar-refractivity contribution in [2.75, 3.05) is 14.2 Å². The number of alkyl halides is 1.